The zero-order chi connectivity index (χ0) is 42.7. The topological polar surface area (TPSA) is 384 Å². The molecular formula is C33H52N10O13. The molecule has 23 heteroatoms. The largest absolute Gasteiger partial charge is 0.481 e. The number of carboxylic acids is 3. The molecule has 1 aromatic rings. The Balaban J connectivity index is 3.19. The molecule has 0 spiro atoms. The van der Waals surface area contributed by atoms with Crippen molar-refractivity contribution in [3.63, 3.8) is 0 Å². The summed E-state index contributed by atoms with van der Waals surface area (Å²) in [7, 11) is 0. The summed E-state index contributed by atoms with van der Waals surface area (Å²) in [6.45, 7) is 6.03. The molecule has 0 radical (unpaired) electrons. The number of carbonyl (C=O) groups excluding carboxylic acids is 7. The molecule has 7 atom stereocenters. The predicted molar refractivity (Wildman–Crippen MR) is 192 cm³/mol. The molecule has 1 heterocycles. The maximum Gasteiger partial charge on any atom is 0.326 e. The summed E-state index contributed by atoms with van der Waals surface area (Å²) in [5.74, 6) is -11.9. The van der Waals surface area contributed by atoms with Crippen molar-refractivity contribution in [3.05, 3.63) is 18.2 Å². The van der Waals surface area contributed by atoms with Gasteiger partial charge in [-0.05, 0) is 24.7 Å². The number of hydrogen-bond acceptors (Lipinski definition) is 12. The summed E-state index contributed by atoms with van der Waals surface area (Å²) in [4.78, 5) is 131. The van der Waals surface area contributed by atoms with Gasteiger partial charge in [-0.3, -0.25) is 43.2 Å². The number of nitrogens with two attached hydrogens (primary N) is 2. The van der Waals surface area contributed by atoms with Crippen molar-refractivity contribution in [1.29, 1.82) is 0 Å². The Morgan fingerprint density at radius 1 is 0.750 bits per heavy atom. The Kier molecular flexibility index (Phi) is 20.2. The van der Waals surface area contributed by atoms with Crippen molar-refractivity contribution in [2.24, 2.45) is 23.3 Å². The van der Waals surface area contributed by atoms with Gasteiger partial charge in [0.25, 0.3) is 0 Å². The zero-order valence-corrected chi connectivity index (χ0v) is 31.5. The minimum Gasteiger partial charge on any atom is -0.481 e. The molecule has 0 aliphatic rings. The lowest BCUT2D eigenvalue weighted by atomic mass is 9.97. The van der Waals surface area contributed by atoms with Crippen LogP contribution in [0.5, 0.6) is 0 Å². The fourth-order valence-electron chi connectivity index (χ4n) is 5.06. The summed E-state index contributed by atoms with van der Waals surface area (Å²) < 4.78 is 0. The third-order valence-electron chi connectivity index (χ3n) is 8.22. The first-order valence-corrected chi connectivity index (χ1v) is 17.6. The Hall–Kier alpha value is -6.13. The summed E-state index contributed by atoms with van der Waals surface area (Å²) in [5, 5.41) is 41.7. The van der Waals surface area contributed by atoms with E-state index in [2.05, 4.69) is 41.9 Å². The maximum atomic E-state index is 13.6. The molecule has 7 unspecified atom stereocenters. The Bertz CT molecular complexity index is 1570. The lowest BCUT2D eigenvalue weighted by molar-refractivity contribution is -0.144. The van der Waals surface area contributed by atoms with Crippen LogP contribution in [0.15, 0.2) is 12.5 Å². The molecule has 0 bridgehead atoms. The van der Waals surface area contributed by atoms with Gasteiger partial charge in [-0.15, -0.1) is 0 Å². The van der Waals surface area contributed by atoms with Gasteiger partial charge in [0, 0.05) is 24.7 Å². The smallest absolute Gasteiger partial charge is 0.326 e. The van der Waals surface area contributed by atoms with E-state index < -0.39 is 134 Å². The quantitative estimate of drug-likeness (QED) is 0.0428. The van der Waals surface area contributed by atoms with Gasteiger partial charge < -0.3 is 63.7 Å². The van der Waals surface area contributed by atoms with E-state index in [1.807, 2.05) is 13.8 Å². The molecule has 0 saturated carbocycles. The third kappa shape index (κ3) is 17.8. The molecular weight excluding hydrogens is 744 g/mol. The van der Waals surface area contributed by atoms with Crippen molar-refractivity contribution in [3.8, 4) is 0 Å². The number of nitrogens with zero attached hydrogens (tertiary/aromatic N) is 1. The number of rotatable bonds is 26. The number of aromatic nitrogens is 2. The number of hydrogen-bond donors (Lipinski definition) is 12. The fourth-order valence-corrected chi connectivity index (χ4v) is 5.06. The SMILES string of the molecule is CCC(C)C(NC(=O)CNC(=O)C(CC(=O)O)NC(=O)C(Cc1cnc[nH]1)NC(=O)C(CCC(=O)O)NC(=O)C(N)CC(C)C)C(=O)NC(CC(N)=O)C(=O)O. The minimum atomic E-state index is -1.83. The first-order valence-electron chi connectivity index (χ1n) is 17.6. The molecule has 1 aromatic heterocycles. The van der Waals surface area contributed by atoms with Crippen LogP contribution in [-0.4, -0.2) is 127 Å². The molecule has 56 heavy (non-hydrogen) atoms. The van der Waals surface area contributed by atoms with Gasteiger partial charge in [-0.1, -0.05) is 34.1 Å². The van der Waals surface area contributed by atoms with Crippen LogP contribution in [0.4, 0.5) is 0 Å². The Morgan fingerprint density at radius 2 is 1.34 bits per heavy atom. The highest BCUT2D eigenvalue weighted by Crippen LogP contribution is 2.10. The number of carbonyl (C=O) groups is 10. The number of aliphatic carboxylic acids is 3. The van der Waals surface area contributed by atoms with Gasteiger partial charge in [-0.25, -0.2) is 9.78 Å². The van der Waals surface area contributed by atoms with Crippen LogP contribution in [0.1, 0.15) is 71.9 Å². The first-order chi connectivity index (χ1) is 26.1. The molecule has 0 aliphatic heterocycles. The summed E-state index contributed by atoms with van der Waals surface area (Å²) in [6, 6.07) is -8.91. The van der Waals surface area contributed by atoms with E-state index in [9.17, 15) is 63.3 Å². The van der Waals surface area contributed by atoms with E-state index in [4.69, 9.17) is 11.5 Å². The molecule has 7 amide bonds. The third-order valence-corrected chi connectivity index (χ3v) is 8.22. The first kappa shape index (κ1) is 47.9. The van der Waals surface area contributed by atoms with E-state index in [0.717, 1.165) is 0 Å². The van der Waals surface area contributed by atoms with Gasteiger partial charge in [0.05, 0.1) is 31.8 Å². The normalized spacial score (nSPS) is 14.7. The van der Waals surface area contributed by atoms with E-state index >= 15 is 0 Å². The number of primary amides is 1. The Morgan fingerprint density at radius 3 is 1.86 bits per heavy atom. The molecule has 23 nitrogen and oxygen atoms in total. The maximum absolute atomic E-state index is 13.6. The Labute approximate surface area is 321 Å². The van der Waals surface area contributed by atoms with Crippen LogP contribution in [0, 0.1) is 11.8 Å². The number of carboxylic acid groups (broad SMARTS) is 3. The molecule has 0 saturated heterocycles. The molecule has 0 fully saturated rings. The highest BCUT2D eigenvalue weighted by molar-refractivity contribution is 5.97. The molecule has 312 valence electrons. The van der Waals surface area contributed by atoms with Gasteiger partial charge in [0.2, 0.25) is 41.4 Å². The van der Waals surface area contributed by atoms with Crippen molar-refractivity contribution < 1.29 is 63.3 Å². The van der Waals surface area contributed by atoms with Gasteiger partial charge in [0.1, 0.15) is 30.2 Å². The molecule has 0 aliphatic carbocycles. The van der Waals surface area contributed by atoms with Gasteiger partial charge in [-0.2, -0.15) is 0 Å². The van der Waals surface area contributed by atoms with E-state index in [1.165, 1.54) is 12.5 Å². The lowest BCUT2D eigenvalue weighted by Gasteiger charge is -2.26. The summed E-state index contributed by atoms with van der Waals surface area (Å²) in [6.07, 6.45) is 0.189. The van der Waals surface area contributed by atoms with Crippen molar-refractivity contribution >= 4 is 59.3 Å². The highest BCUT2D eigenvalue weighted by Gasteiger charge is 2.34. The van der Waals surface area contributed by atoms with Crippen molar-refractivity contribution in [2.75, 3.05) is 6.54 Å². The average Bonchev–Trinajstić information content (AvgIpc) is 3.62. The zero-order valence-electron chi connectivity index (χ0n) is 31.5. The van der Waals surface area contributed by atoms with Crippen LogP contribution in [-0.2, 0) is 54.4 Å². The number of amides is 7. The monoisotopic (exact) mass is 796 g/mol. The van der Waals surface area contributed by atoms with Gasteiger partial charge >= 0.3 is 17.9 Å². The highest BCUT2D eigenvalue weighted by atomic mass is 16.4. The fraction of sp³-hybridized carbons (Fsp3) is 0.606. The molecule has 14 N–H and O–H groups in total. The van der Waals surface area contributed by atoms with E-state index in [1.54, 1.807) is 13.8 Å². The van der Waals surface area contributed by atoms with E-state index in [-0.39, 0.29) is 18.8 Å². The molecule has 0 aromatic carbocycles. The standard InChI is InChI=1S/C33H52N10O13/c1-5-16(4)27(32(54)42-22(33(55)56)10-23(35)44)43-24(45)13-37-29(51)21(11-26(48)49)41-31(53)20(9-17-12-36-14-38-17)40-30(52)19(6-7-25(46)47)39-28(50)18(34)8-15(2)3/h12,14-16,18-22,27H,5-11,13,34H2,1-4H3,(H2,35,44)(H,36,38)(H,37,51)(H,39,50)(H,40,52)(H,41,53)(H,42,54)(H,43,45)(H,46,47)(H,48,49)(H,55,56). The van der Waals surface area contributed by atoms with Crippen LogP contribution in [0.2, 0.25) is 0 Å². The average molecular weight is 797 g/mol. The van der Waals surface area contributed by atoms with Crippen LogP contribution in [0.25, 0.3) is 0 Å². The van der Waals surface area contributed by atoms with Crippen molar-refractivity contribution in [1.82, 2.24) is 41.9 Å². The van der Waals surface area contributed by atoms with Gasteiger partial charge in [0.15, 0.2) is 0 Å². The minimum absolute atomic E-state index is 0.0113. The second-order valence-electron chi connectivity index (χ2n) is 13.4. The second-order valence-corrected chi connectivity index (χ2v) is 13.4. The second kappa shape index (κ2) is 23.6. The number of imidazole rings is 1. The van der Waals surface area contributed by atoms with Crippen LogP contribution < -0.4 is 43.4 Å². The van der Waals surface area contributed by atoms with Crippen molar-refractivity contribution in [2.45, 2.75) is 109 Å². The van der Waals surface area contributed by atoms with Crippen LogP contribution >= 0.6 is 0 Å². The number of H-pyrrole nitrogens is 1. The van der Waals surface area contributed by atoms with Crippen LogP contribution in [0.3, 0.4) is 0 Å². The number of nitrogens with one attached hydrogen (secondary N) is 7. The lowest BCUT2D eigenvalue weighted by Crippen LogP contribution is -2.59. The summed E-state index contributed by atoms with van der Waals surface area (Å²) >= 11 is 0. The summed E-state index contributed by atoms with van der Waals surface area (Å²) in [5.41, 5.74) is 11.3. The molecule has 1 rings (SSSR count). The number of aromatic amines is 1. The predicted octanol–water partition coefficient (Wildman–Crippen LogP) is -3.79. The van der Waals surface area contributed by atoms with E-state index in [0.29, 0.717) is 12.1 Å².